The molecule has 2 aromatic rings. The number of benzene rings is 2. The topological polar surface area (TPSA) is 115 Å². The van der Waals surface area contributed by atoms with E-state index in [9.17, 15) is 25.0 Å². The molecule has 0 spiro atoms. The van der Waals surface area contributed by atoms with Crippen molar-refractivity contribution in [2.75, 3.05) is 5.32 Å². The number of amides is 1. The second-order valence-electron chi connectivity index (χ2n) is 7.03. The lowest BCUT2D eigenvalue weighted by atomic mass is 10.0. The van der Waals surface area contributed by atoms with Crippen molar-refractivity contribution in [1.82, 2.24) is 0 Å². The van der Waals surface area contributed by atoms with Gasteiger partial charge in [0.05, 0.1) is 15.5 Å². The number of hydrogen-bond acceptors (Lipinski definition) is 5. The van der Waals surface area contributed by atoms with E-state index in [0.29, 0.717) is 29.2 Å². The van der Waals surface area contributed by atoms with Crippen molar-refractivity contribution < 1.29 is 14.6 Å². The highest BCUT2D eigenvalue weighted by atomic mass is 16.6. The minimum absolute atomic E-state index is 0.0483. The van der Waals surface area contributed by atoms with Gasteiger partial charge in [0.1, 0.15) is 0 Å². The molecule has 0 radical (unpaired) electrons. The maximum atomic E-state index is 12.4. The van der Waals surface area contributed by atoms with E-state index < -0.39 is 9.85 Å². The molecule has 1 aliphatic carbocycles. The van der Waals surface area contributed by atoms with Gasteiger partial charge in [-0.3, -0.25) is 25.0 Å². The Morgan fingerprint density at radius 3 is 2.18 bits per heavy atom. The van der Waals surface area contributed by atoms with Gasteiger partial charge in [0.15, 0.2) is 0 Å². The molecule has 0 heterocycles. The summed E-state index contributed by atoms with van der Waals surface area (Å²) >= 11 is 0. The van der Waals surface area contributed by atoms with Crippen LogP contribution in [0.1, 0.15) is 38.5 Å². The van der Waals surface area contributed by atoms with Gasteiger partial charge in [-0.15, -0.1) is 0 Å². The molecular formula is C20H21N3O5. The third kappa shape index (κ3) is 4.70. The molecule has 0 atom stereocenters. The average Bonchev–Trinajstić information content (AvgIpc) is 3.20. The van der Waals surface area contributed by atoms with E-state index >= 15 is 0 Å². The largest absolute Gasteiger partial charge is 0.325 e. The second-order valence-corrected chi connectivity index (χ2v) is 7.03. The predicted octanol–water partition coefficient (Wildman–Crippen LogP) is 5.08. The smallest absolute Gasteiger partial charge is 0.271 e. The summed E-state index contributed by atoms with van der Waals surface area (Å²) in [6.07, 6.45) is 5.90. The molecule has 0 saturated heterocycles. The third-order valence-electron chi connectivity index (χ3n) is 5.13. The van der Waals surface area contributed by atoms with Crippen LogP contribution in [0.15, 0.2) is 42.5 Å². The van der Waals surface area contributed by atoms with E-state index in [4.69, 9.17) is 0 Å². The Labute approximate surface area is 161 Å². The fourth-order valence-electron chi connectivity index (χ4n) is 3.61. The molecule has 3 rings (SSSR count). The maximum absolute atomic E-state index is 12.4. The highest BCUT2D eigenvalue weighted by Crippen LogP contribution is 2.33. The molecule has 28 heavy (non-hydrogen) atoms. The monoisotopic (exact) mass is 383 g/mol. The maximum Gasteiger partial charge on any atom is 0.271 e. The Balaban J connectivity index is 1.82. The Hall–Kier alpha value is -3.29. The van der Waals surface area contributed by atoms with Crippen LogP contribution in [0, 0.1) is 26.1 Å². The standard InChI is InChI=1S/C20H21N3O5/c24-20(12-5-14-3-1-2-4-14)21-19-13-17(23(27)28)10-11-18(19)15-6-8-16(9-7-15)22(25)26/h6-11,13-14H,1-5,12H2,(H,21,24). The van der Waals surface area contributed by atoms with Gasteiger partial charge in [0.2, 0.25) is 5.91 Å². The predicted molar refractivity (Wildman–Crippen MR) is 105 cm³/mol. The fraction of sp³-hybridized carbons (Fsp3) is 0.350. The van der Waals surface area contributed by atoms with Gasteiger partial charge in [-0.1, -0.05) is 25.7 Å². The van der Waals surface area contributed by atoms with Crippen molar-refractivity contribution in [1.29, 1.82) is 0 Å². The molecule has 1 amide bonds. The van der Waals surface area contributed by atoms with Crippen molar-refractivity contribution in [3.63, 3.8) is 0 Å². The van der Waals surface area contributed by atoms with Gasteiger partial charge in [-0.2, -0.15) is 0 Å². The van der Waals surface area contributed by atoms with Crippen LogP contribution in [0.4, 0.5) is 17.1 Å². The molecule has 1 N–H and O–H groups in total. The molecule has 0 aromatic heterocycles. The zero-order chi connectivity index (χ0) is 20.1. The molecule has 1 saturated carbocycles. The molecule has 8 heteroatoms. The number of nitro benzene ring substituents is 2. The summed E-state index contributed by atoms with van der Waals surface area (Å²) in [5, 5.41) is 24.7. The third-order valence-corrected chi connectivity index (χ3v) is 5.13. The number of hydrogen-bond donors (Lipinski definition) is 1. The van der Waals surface area contributed by atoms with Crippen molar-refractivity contribution in [2.24, 2.45) is 5.92 Å². The van der Waals surface area contributed by atoms with E-state index in [-0.39, 0.29) is 17.3 Å². The first-order valence-electron chi connectivity index (χ1n) is 9.27. The van der Waals surface area contributed by atoms with Gasteiger partial charge >= 0.3 is 0 Å². The number of anilines is 1. The highest BCUT2D eigenvalue weighted by Gasteiger charge is 2.18. The summed E-state index contributed by atoms with van der Waals surface area (Å²) in [6, 6.07) is 10.1. The molecule has 8 nitrogen and oxygen atoms in total. The van der Waals surface area contributed by atoms with E-state index in [0.717, 1.165) is 19.3 Å². The van der Waals surface area contributed by atoms with Crippen LogP contribution in [-0.4, -0.2) is 15.8 Å². The Morgan fingerprint density at radius 1 is 0.964 bits per heavy atom. The van der Waals surface area contributed by atoms with Gasteiger partial charge < -0.3 is 5.32 Å². The van der Waals surface area contributed by atoms with E-state index in [1.807, 2.05) is 0 Å². The normalized spacial score (nSPS) is 14.0. The minimum atomic E-state index is -0.520. The molecule has 0 bridgehead atoms. The average molecular weight is 383 g/mol. The number of nitro groups is 2. The summed E-state index contributed by atoms with van der Waals surface area (Å²) in [5.74, 6) is 0.389. The van der Waals surface area contributed by atoms with Crippen LogP contribution >= 0.6 is 0 Å². The van der Waals surface area contributed by atoms with E-state index in [2.05, 4.69) is 5.32 Å². The second kappa shape index (κ2) is 8.60. The first-order chi connectivity index (χ1) is 13.4. The number of nitrogens with one attached hydrogen (secondary N) is 1. The molecule has 146 valence electrons. The zero-order valence-electron chi connectivity index (χ0n) is 15.3. The van der Waals surface area contributed by atoms with Gasteiger partial charge in [-0.05, 0) is 36.1 Å². The highest BCUT2D eigenvalue weighted by molar-refractivity contribution is 5.96. The fourth-order valence-corrected chi connectivity index (χ4v) is 3.61. The lowest BCUT2D eigenvalue weighted by Gasteiger charge is -2.13. The number of non-ortho nitro benzene ring substituents is 2. The molecule has 1 aliphatic rings. The first-order valence-corrected chi connectivity index (χ1v) is 9.27. The van der Waals surface area contributed by atoms with E-state index in [1.165, 1.54) is 37.1 Å². The number of rotatable bonds is 7. The van der Waals surface area contributed by atoms with Crippen molar-refractivity contribution in [2.45, 2.75) is 38.5 Å². The molecule has 1 fully saturated rings. The lowest BCUT2D eigenvalue weighted by molar-refractivity contribution is -0.385. The number of nitrogens with zero attached hydrogens (tertiary/aromatic N) is 2. The zero-order valence-corrected chi connectivity index (χ0v) is 15.3. The number of carbonyl (C=O) groups excluding carboxylic acids is 1. The van der Waals surface area contributed by atoms with Crippen LogP contribution in [0.25, 0.3) is 11.1 Å². The van der Waals surface area contributed by atoms with Gasteiger partial charge in [0.25, 0.3) is 11.4 Å². The van der Waals surface area contributed by atoms with Gasteiger partial charge in [-0.25, -0.2) is 0 Å². The molecule has 0 aliphatic heterocycles. The van der Waals surface area contributed by atoms with E-state index in [1.54, 1.807) is 18.2 Å². The van der Waals surface area contributed by atoms with Crippen molar-refractivity contribution in [3.05, 3.63) is 62.7 Å². The Kier molecular flexibility index (Phi) is 5.98. The summed E-state index contributed by atoms with van der Waals surface area (Å²) in [5.41, 5.74) is 1.37. The lowest BCUT2D eigenvalue weighted by Crippen LogP contribution is -2.13. The van der Waals surface area contributed by atoms with Crippen LogP contribution in [0.2, 0.25) is 0 Å². The SMILES string of the molecule is O=C(CCC1CCCC1)Nc1cc([N+](=O)[O-])ccc1-c1ccc([N+](=O)[O-])cc1. The minimum Gasteiger partial charge on any atom is -0.325 e. The van der Waals surface area contributed by atoms with Crippen molar-refractivity contribution >= 4 is 23.0 Å². The quantitative estimate of drug-likeness (QED) is 0.529. The van der Waals surface area contributed by atoms with Crippen molar-refractivity contribution in [3.8, 4) is 11.1 Å². The number of carbonyl (C=O) groups is 1. The van der Waals surface area contributed by atoms with Crippen LogP contribution in [0.5, 0.6) is 0 Å². The van der Waals surface area contributed by atoms with Crippen LogP contribution < -0.4 is 5.32 Å². The first kappa shape index (κ1) is 19.5. The Bertz CT molecular complexity index is 889. The molecular weight excluding hydrogens is 362 g/mol. The summed E-state index contributed by atoms with van der Waals surface area (Å²) in [4.78, 5) is 33.4. The van der Waals surface area contributed by atoms with Crippen LogP contribution in [0.3, 0.4) is 0 Å². The summed E-state index contributed by atoms with van der Waals surface area (Å²) in [7, 11) is 0. The summed E-state index contributed by atoms with van der Waals surface area (Å²) < 4.78 is 0. The van der Waals surface area contributed by atoms with Gasteiger partial charge in [0, 0.05) is 36.2 Å². The summed E-state index contributed by atoms with van der Waals surface area (Å²) in [6.45, 7) is 0. The van der Waals surface area contributed by atoms with Crippen LogP contribution in [-0.2, 0) is 4.79 Å². The molecule has 2 aromatic carbocycles. The Morgan fingerprint density at radius 2 is 1.57 bits per heavy atom. The molecule has 0 unspecified atom stereocenters.